The molecule has 2 heterocycles. The first-order valence-electron chi connectivity index (χ1n) is 8.33. The van der Waals surface area contributed by atoms with Gasteiger partial charge in [0.2, 0.25) is 11.8 Å². The maximum Gasteiger partial charge on any atom is 0.404 e. The molecule has 1 aliphatic rings. The number of rotatable bonds is 6. The van der Waals surface area contributed by atoms with Crippen LogP contribution in [0.1, 0.15) is 36.4 Å². The molecule has 0 spiro atoms. The van der Waals surface area contributed by atoms with Crippen LogP contribution in [0.15, 0.2) is 24.4 Å². The van der Waals surface area contributed by atoms with Crippen LogP contribution in [0, 0.1) is 0 Å². The Kier molecular flexibility index (Phi) is 5.35. The molecule has 1 aliphatic carbocycles. The number of aromatic nitrogens is 3. The molecule has 9 heteroatoms. The molecule has 0 bridgehead atoms. The highest BCUT2D eigenvalue weighted by Crippen LogP contribution is 2.35. The average molecular weight is 359 g/mol. The van der Waals surface area contributed by atoms with Gasteiger partial charge in [0.1, 0.15) is 6.10 Å². The van der Waals surface area contributed by atoms with Crippen LogP contribution in [0.3, 0.4) is 0 Å². The minimum absolute atomic E-state index is 0.166. The number of carbonyl (C=O) groups excluding carboxylic acids is 2. The van der Waals surface area contributed by atoms with Crippen molar-refractivity contribution >= 4 is 17.8 Å². The van der Waals surface area contributed by atoms with Gasteiger partial charge < -0.3 is 20.5 Å². The highest BCUT2D eigenvalue weighted by molar-refractivity contribution is 5.91. The van der Waals surface area contributed by atoms with Crippen LogP contribution >= 0.6 is 0 Å². The van der Waals surface area contributed by atoms with Crippen molar-refractivity contribution in [3.05, 3.63) is 35.7 Å². The van der Waals surface area contributed by atoms with E-state index in [1.807, 2.05) is 6.07 Å². The lowest BCUT2D eigenvalue weighted by atomic mass is 10.0. The molecule has 4 N–H and O–H groups in total. The molecule has 0 aliphatic heterocycles. The summed E-state index contributed by atoms with van der Waals surface area (Å²) >= 11 is 0. The van der Waals surface area contributed by atoms with E-state index in [0.717, 1.165) is 24.1 Å². The number of primary amides is 1. The van der Waals surface area contributed by atoms with Crippen molar-refractivity contribution in [3.63, 3.8) is 0 Å². The van der Waals surface area contributed by atoms with Gasteiger partial charge in [-0.25, -0.2) is 9.78 Å². The summed E-state index contributed by atoms with van der Waals surface area (Å²) in [6.45, 7) is 0. The van der Waals surface area contributed by atoms with Crippen molar-refractivity contribution < 1.29 is 19.1 Å². The number of nitrogens with one attached hydrogen (secondary N) is 2. The maximum absolute atomic E-state index is 12.2. The fourth-order valence-corrected chi connectivity index (χ4v) is 3.15. The monoisotopic (exact) mass is 359 g/mol. The summed E-state index contributed by atoms with van der Waals surface area (Å²) in [5.41, 5.74) is 6.76. The van der Waals surface area contributed by atoms with Gasteiger partial charge in [-0.1, -0.05) is 0 Å². The van der Waals surface area contributed by atoms with Crippen LogP contribution in [0.4, 0.5) is 10.6 Å². The van der Waals surface area contributed by atoms with E-state index in [1.165, 1.54) is 7.11 Å². The zero-order valence-electron chi connectivity index (χ0n) is 14.4. The van der Waals surface area contributed by atoms with E-state index in [1.54, 1.807) is 18.3 Å². The third kappa shape index (κ3) is 4.50. The summed E-state index contributed by atoms with van der Waals surface area (Å²) in [6.07, 6.45) is 3.19. The van der Waals surface area contributed by atoms with Gasteiger partial charge in [0.15, 0.2) is 5.82 Å². The van der Waals surface area contributed by atoms with Crippen molar-refractivity contribution in [2.75, 3.05) is 12.4 Å². The normalized spacial score (nSPS) is 19.1. The Morgan fingerprint density at radius 1 is 1.38 bits per heavy atom. The highest BCUT2D eigenvalue weighted by atomic mass is 16.6. The van der Waals surface area contributed by atoms with Gasteiger partial charge in [0.05, 0.1) is 13.5 Å². The summed E-state index contributed by atoms with van der Waals surface area (Å²) in [6, 6.07) is 5.28. The van der Waals surface area contributed by atoms with Crippen LogP contribution in [-0.2, 0) is 16.0 Å². The highest BCUT2D eigenvalue weighted by Gasteiger charge is 2.29. The van der Waals surface area contributed by atoms with E-state index in [0.29, 0.717) is 18.1 Å². The molecule has 2 atom stereocenters. The molecule has 2 aromatic rings. The fraction of sp³-hybridized carbons (Fsp3) is 0.412. The van der Waals surface area contributed by atoms with Gasteiger partial charge in [-0.15, -0.1) is 0 Å². The topological polar surface area (TPSA) is 132 Å². The summed E-state index contributed by atoms with van der Waals surface area (Å²) in [5, 5.41) is 9.85. The first-order valence-corrected chi connectivity index (χ1v) is 8.33. The minimum atomic E-state index is -0.749. The first-order chi connectivity index (χ1) is 12.5. The Balaban J connectivity index is 1.55. The number of H-pyrrole nitrogens is 1. The Labute approximate surface area is 150 Å². The quantitative estimate of drug-likeness (QED) is 0.719. The van der Waals surface area contributed by atoms with E-state index in [4.69, 9.17) is 15.2 Å². The fourth-order valence-electron chi connectivity index (χ4n) is 3.15. The molecule has 2 unspecified atom stereocenters. The second-order valence-corrected chi connectivity index (χ2v) is 6.21. The summed E-state index contributed by atoms with van der Waals surface area (Å²) in [4.78, 5) is 27.0. The summed E-state index contributed by atoms with van der Waals surface area (Å²) < 4.78 is 10.1. The number of nitrogens with zero attached hydrogens (tertiary/aromatic N) is 2. The molecule has 0 radical (unpaired) electrons. The molecular weight excluding hydrogens is 338 g/mol. The molecule has 0 aromatic carbocycles. The number of carbonyl (C=O) groups is 2. The van der Waals surface area contributed by atoms with E-state index in [9.17, 15) is 9.59 Å². The first kappa shape index (κ1) is 17.7. The van der Waals surface area contributed by atoms with E-state index < -0.39 is 6.09 Å². The molecule has 1 saturated carbocycles. The van der Waals surface area contributed by atoms with Crippen molar-refractivity contribution in [3.8, 4) is 5.88 Å². The van der Waals surface area contributed by atoms with Crippen molar-refractivity contribution in [1.29, 1.82) is 0 Å². The predicted molar refractivity (Wildman–Crippen MR) is 92.8 cm³/mol. The number of pyridine rings is 1. The standard InChI is InChI=1S/C17H21N5O4/c1-25-16-7-10(4-5-19-16)6-15(23)20-14-9-13(21-22-14)11-2-3-12(8-11)26-17(18)24/h4-5,7,9,11-12H,2-3,6,8H2,1H3,(H2,18,24)(H2,20,21,22,23). The van der Waals surface area contributed by atoms with Gasteiger partial charge in [-0.2, -0.15) is 5.10 Å². The molecule has 2 aromatic heterocycles. The number of nitrogens with two attached hydrogens (primary N) is 1. The predicted octanol–water partition coefficient (Wildman–Crippen LogP) is 1.73. The Bertz CT molecular complexity index is 791. The van der Waals surface area contributed by atoms with Gasteiger partial charge in [-0.05, 0) is 30.9 Å². The number of hydrogen-bond acceptors (Lipinski definition) is 6. The van der Waals surface area contributed by atoms with Gasteiger partial charge in [-0.3, -0.25) is 9.89 Å². The molecule has 138 valence electrons. The van der Waals surface area contributed by atoms with Crippen molar-refractivity contribution in [2.45, 2.75) is 37.7 Å². The molecule has 9 nitrogen and oxygen atoms in total. The second-order valence-electron chi connectivity index (χ2n) is 6.21. The number of anilines is 1. The lowest BCUT2D eigenvalue weighted by Gasteiger charge is -2.09. The lowest BCUT2D eigenvalue weighted by molar-refractivity contribution is -0.115. The lowest BCUT2D eigenvalue weighted by Crippen LogP contribution is -2.20. The molecule has 1 fully saturated rings. The smallest absolute Gasteiger partial charge is 0.404 e. The Morgan fingerprint density at radius 2 is 2.23 bits per heavy atom. The van der Waals surface area contributed by atoms with Crippen LogP contribution in [0.2, 0.25) is 0 Å². The maximum atomic E-state index is 12.2. The molecule has 2 amide bonds. The molecule has 0 saturated heterocycles. The zero-order chi connectivity index (χ0) is 18.5. The number of hydrogen-bond donors (Lipinski definition) is 3. The molecule has 3 rings (SSSR count). The molecule has 26 heavy (non-hydrogen) atoms. The third-order valence-corrected chi connectivity index (χ3v) is 4.35. The van der Waals surface area contributed by atoms with Crippen molar-refractivity contribution in [2.24, 2.45) is 5.73 Å². The van der Waals surface area contributed by atoms with Crippen LogP contribution in [0.5, 0.6) is 5.88 Å². The largest absolute Gasteiger partial charge is 0.481 e. The number of amides is 2. The SMILES string of the molecule is COc1cc(CC(=O)Nc2cc(C3CCC(OC(N)=O)C3)[nH]n2)ccn1. The van der Waals surface area contributed by atoms with Gasteiger partial charge >= 0.3 is 6.09 Å². The Morgan fingerprint density at radius 3 is 3.00 bits per heavy atom. The second kappa shape index (κ2) is 7.85. The van der Waals surface area contributed by atoms with Crippen LogP contribution in [0.25, 0.3) is 0 Å². The van der Waals surface area contributed by atoms with E-state index in [-0.39, 0.29) is 24.3 Å². The van der Waals surface area contributed by atoms with Gasteiger partial charge in [0, 0.05) is 29.9 Å². The Hall–Kier alpha value is -3.10. The average Bonchev–Trinajstić information content (AvgIpc) is 3.23. The summed E-state index contributed by atoms with van der Waals surface area (Å²) in [7, 11) is 1.53. The number of methoxy groups -OCH3 is 1. The van der Waals surface area contributed by atoms with E-state index >= 15 is 0 Å². The number of ether oxygens (including phenoxy) is 2. The van der Waals surface area contributed by atoms with Crippen LogP contribution in [-0.4, -0.2) is 40.4 Å². The van der Waals surface area contributed by atoms with Crippen LogP contribution < -0.4 is 15.8 Å². The van der Waals surface area contributed by atoms with E-state index in [2.05, 4.69) is 20.5 Å². The molecular formula is C17H21N5O4. The van der Waals surface area contributed by atoms with Gasteiger partial charge in [0.25, 0.3) is 0 Å². The van der Waals surface area contributed by atoms with Crippen molar-refractivity contribution in [1.82, 2.24) is 15.2 Å². The number of aromatic amines is 1. The zero-order valence-corrected chi connectivity index (χ0v) is 14.4. The third-order valence-electron chi connectivity index (χ3n) is 4.35. The summed E-state index contributed by atoms with van der Waals surface area (Å²) in [5.74, 6) is 0.941. The minimum Gasteiger partial charge on any atom is -0.481 e.